The average Bonchev–Trinajstić information content (AvgIpc) is 2.65. The first-order chi connectivity index (χ1) is 12.5. The maximum absolute atomic E-state index is 13.7. The fourth-order valence-corrected chi connectivity index (χ4v) is 3.01. The summed E-state index contributed by atoms with van der Waals surface area (Å²) in [4.78, 5) is 20.3. The van der Waals surface area contributed by atoms with Crippen LogP contribution in [0.25, 0.3) is 0 Å². The van der Waals surface area contributed by atoms with E-state index in [1.807, 2.05) is 0 Å². The molecular formula is C18H19ClFN3O3. The molecule has 6 nitrogen and oxygen atoms in total. The monoisotopic (exact) mass is 379 g/mol. The second kappa shape index (κ2) is 8.31. The summed E-state index contributed by atoms with van der Waals surface area (Å²) in [5.41, 5.74) is 0.274. The number of carbonyl (C=O) groups excluding carboxylic acids is 1. The van der Waals surface area contributed by atoms with Gasteiger partial charge in [0, 0.05) is 11.6 Å². The Morgan fingerprint density at radius 1 is 1.23 bits per heavy atom. The largest absolute Gasteiger partial charge is 0.494 e. The van der Waals surface area contributed by atoms with Crippen LogP contribution in [0.4, 0.5) is 4.39 Å². The highest BCUT2D eigenvalue weighted by molar-refractivity contribution is 6.30. The molecule has 26 heavy (non-hydrogen) atoms. The van der Waals surface area contributed by atoms with E-state index in [4.69, 9.17) is 21.1 Å². The van der Waals surface area contributed by atoms with Crippen LogP contribution in [0.3, 0.4) is 0 Å². The standard InChI is InChI=1S/C18H19ClFN3O3/c1-25-16-7-2-11(8-15(16)20)17(24)23-13-3-5-14(6-4-13)26-18-21-9-12(19)10-22-18/h2,7-10,13-14H,3-6H2,1H3,(H,23,24). The number of rotatable bonds is 5. The van der Waals surface area contributed by atoms with Crippen molar-refractivity contribution in [1.29, 1.82) is 0 Å². The van der Waals surface area contributed by atoms with E-state index in [9.17, 15) is 9.18 Å². The molecule has 0 unspecified atom stereocenters. The highest BCUT2D eigenvalue weighted by atomic mass is 35.5. The molecule has 1 saturated carbocycles. The summed E-state index contributed by atoms with van der Waals surface area (Å²) in [6, 6.07) is 4.50. The highest BCUT2D eigenvalue weighted by Crippen LogP contribution is 2.23. The Bertz CT molecular complexity index is 765. The van der Waals surface area contributed by atoms with Crippen LogP contribution in [-0.2, 0) is 0 Å². The van der Waals surface area contributed by atoms with Crippen molar-refractivity contribution in [2.75, 3.05) is 7.11 Å². The third-order valence-electron chi connectivity index (χ3n) is 4.29. The Morgan fingerprint density at radius 3 is 2.54 bits per heavy atom. The van der Waals surface area contributed by atoms with Gasteiger partial charge in [0.05, 0.1) is 24.5 Å². The van der Waals surface area contributed by atoms with Gasteiger partial charge < -0.3 is 14.8 Å². The number of methoxy groups -OCH3 is 1. The second-order valence-corrected chi connectivity index (χ2v) is 6.53. The van der Waals surface area contributed by atoms with Gasteiger partial charge >= 0.3 is 6.01 Å². The van der Waals surface area contributed by atoms with Crippen molar-refractivity contribution in [3.63, 3.8) is 0 Å². The number of nitrogens with zero attached hydrogens (tertiary/aromatic N) is 2. The van der Waals surface area contributed by atoms with E-state index in [2.05, 4.69) is 15.3 Å². The highest BCUT2D eigenvalue weighted by Gasteiger charge is 2.24. The number of carbonyl (C=O) groups is 1. The molecule has 0 atom stereocenters. The summed E-state index contributed by atoms with van der Waals surface area (Å²) in [7, 11) is 1.38. The minimum Gasteiger partial charge on any atom is -0.494 e. The van der Waals surface area contributed by atoms with Gasteiger partial charge in [-0.25, -0.2) is 14.4 Å². The lowest BCUT2D eigenvalue weighted by Crippen LogP contribution is -2.39. The van der Waals surface area contributed by atoms with Crippen LogP contribution in [0.2, 0.25) is 5.02 Å². The number of ether oxygens (including phenoxy) is 2. The maximum Gasteiger partial charge on any atom is 0.316 e. The van der Waals surface area contributed by atoms with Crippen LogP contribution >= 0.6 is 11.6 Å². The minimum atomic E-state index is -0.555. The van der Waals surface area contributed by atoms with Gasteiger partial charge in [0.15, 0.2) is 11.6 Å². The minimum absolute atomic E-state index is 0.00255. The first kappa shape index (κ1) is 18.4. The van der Waals surface area contributed by atoms with Crippen molar-refractivity contribution in [3.8, 4) is 11.8 Å². The number of nitrogens with one attached hydrogen (secondary N) is 1. The molecule has 1 aromatic heterocycles. The van der Waals surface area contributed by atoms with Crippen LogP contribution in [0.5, 0.6) is 11.8 Å². The van der Waals surface area contributed by atoms with E-state index in [1.165, 1.54) is 31.6 Å². The zero-order chi connectivity index (χ0) is 18.5. The van der Waals surface area contributed by atoms with E-state index in [1.54, 1.807) is 6.07 Å². The molecule has 2 aromatic rings. The smallest absolute Gasteiger partial charge is 0.316 e. The van der Waals surface area contributed by atoms with Crippen molar-refractivity contribution >= 4 is 17.5 Å². The summed E-state index contributed by atoms with van der Waals surface area (Å²) in [6.45, 7) is 0. The van der Waals surface area contributed by atoms with Crippen LogP contribution < -0.4 is 14.8 Å². The third kappa shape index (κ3) is 4.60. The Balaban J connectivity index is 1.49. The van der Waals surface area contributed by atoms with Gasteiger partial charge in [0.1, 0.15) is 6.10 Å². The predicted molar refractivity (Wildman–Crippen MR) is 94.1 cm³/mol. The molecule has 1 aliphatic carbocycles. The second-order valence-electron chi connectivity index (χ2n) is 6.10. The first-order valence-electron chi connectivity index (χ1n) is 8.33. The number of aromatic nitrogens is 2. The molecule has 1 aromatic carbocycles. The average molecular weight is 380 g/mol. The van der Waals surface area contributed by atoms with Gasteiger partial charge in [0.25, 0.3) is 5.91 Å². The summed E-state index contributed by atoms with van der Waals surface area (Å²) in [5, 5.41) is 3.40. The number of hydrogen-bond donors (Lipinski definition) is 1. The van der Waals surface area contributed by atoms with E-state index >= 15 is 0 Å². The summed E-state index contributed by atoms with van der Waals surface area (Å²) >= 11 is 5.75. The van der Waals surface area contributed by atoms with Crippen molar-refractivity contribution < 1.29 is 18.7 Å². The number of amides is 1. The lowest BCUT2D eigenvalue weighted by atomic mass is 9.92. The predicted octanol–water partition coefficient (Wildman–Crippen LogP) is 3.40. The summed E-state index contributed by atoms with van der Waals surface area (Å²) in [6.07, 6.45) is 6.06. The zero-order valence-corrected chi connectivity index (χ0v) is 15.0. The quantitative estimate of drug-likeness (QED) is 0.861. The van der Waals surface area contributed by atoms with Gasteiger partial charge in [0.2, 0.25) is 0 Å². The van der Waals surface area contributed by atoms with Crippen molar-refractivity contribution in [3.05, 3.63) is 47.0 Å². The lowest BCUT2D eigenvalue weighted by Gasteiger charge is -2.28. The molecule has 0 aliphatic heterocycles. The van der Waals surface area contributed by atoms with E-state index in [-0.39, 0.29) is 29.4 Å². The van der Waals surface area contributed by atoms with Gasteiger partial charge in [-0.1, -0.05) is 11.6 Å². The molecule has 1 N–H and O–H groups in total. The van der Waals surface area contributed by atoms with Crippen LogP contribution in [-0.4, -0.2) is 35.1 Å². The number of benzene rings is 1. The molecular weight excluding hydrogens is 361 g/mol. The van der Waals surface area contributed by atoms with Gasteiger partial charge in [-0.15, -0.1) is 0 Å². The molecule has 138 valence electrons. The normalized spacial score (nSPS) is 19.7. The summed E-state index contributed by atoms with van der Waals surface area (Å²) in [5.74, 6) is -0.735. The Labute approximate surface area is 155 Å². The van der Waals surface area contributed by atoms with Crippen molar-refractivity contribution in [2.24, 2.45) is 0 Å². The molecule has 1 fully saturated rings. The van der Waals surface area contributed by atoms with Crippen LogP contribution in [0.15, 0.2) is 30.6 Å². The first-order valence-corrected chi connectivity index (χ1v) is 8.71. The SMILES string of the molecule is COc1ccc(C(=O)NC2CCC(Oc3ncc(Cl)cn3)CC2)cc1F. The molecule has 1 heterocycles. The molecule has 0 radical (unpaired) electrons. The van der Waals surface area contributed by atoms with Crippen LogP contribution in [0, 0.1) is 5.82 Å². The topological polar surface area (TPSA) is 73.3 Å². The molecule has 1 amide bonds. The Morgan fingerprint density at radius 2 is 1.92 bits per heavy atom. The Kier molecular flexibility index (Phi) is 5.88. The number of hydrogen-bond acceptors (Lipinski definition) is 5. The third-order valence-corrected chi connectivity index (χ3v) is 4.49. The van der Waals surface area contributed by atoms with Crippen molar-refractivity contribution in [2.45, 2.75) is 37.8 Å². The fraction of sp³-hybridized carbons (Fsp3) is 0.389. The molecule has 0 saturated heterocycles. The van der Waals surface area contributed by atoms with Gasteiger partial charge in [-0.2, -0.15) is 0 Å². The molecule has 8 heteroatoms. The van der Waals surface area contributed by atoms with E-state index < -0.39 is 5.82 Å². The molecule has 0 spiro atoms. The summed E-state index contributed by atoms with van der Waals surface area (Å²) < 4.78 is 24.3. The molecule has 0 bridgehead atoms. The van der Waals surface area contributed by atoms with Crippen molar-refractivity contribution in [1.82, 2.24) is 15.3 Å². The van der Waals surface area contributed by atoms with Gasteiger partial charge in [-0.3, -0.25) is 4.79 Å². The number of halogens is 2. The van der Waals surface area contributed by atoms with Crippen LogP contribution in [0.1, 0.15) is 36.0 Å². The molecule has 3 rings (SSSR count). The lowest BCUT2D eigenvalue weighted by molar-refractivity contribution is 0.0884. The van der Waals surface area contributed by atoms with E-state index in [0.29, 0.717) is 11.0 Å². The van der Waals surface area contributed by atoms with Gasteiger partial charge in [-0.05, 0) is 43.9 Å². The maximum atomic E-state index is 13.7. The van der Waals surface area contributed by atoms with E-state index in [0.717, 1.165) is 25.7 Å². The molecule has 1 aliphatic rings. The Hall–Kier alpha value is -2.41. The fourth-order valence-electron chi connectivity index (χ4n) is 2.91. The zero-order valence-electron chi connectivity index (χ0n) is 14.2.